The first-order valence-corrected chi connectivity index (χ1v) is 11.8. The first-order chi connectivity index (χ1) is 17.1. The standard InChI is InChI=1S/C26H25F4N3O2S/c1-3-12-32(25(35)31-22-6-4-5-20(14-22)26(28,29)30)17-24(34)33(16-23-18(2)11-13-36-23)15-19-7-9-21(27)10-8-19/h3-11,13-14H,1,12,15-17H2,2H3,(H,31,35). The van der Waals surface area contributed by atoms with Crippen molar-refractivity contribution in [2.45, 2.75) is 26.2 Å². The van der Waals surface area contributed by atoms with Crippen molar-refractivity contribution in [3.8, 4) is 0 Å². The van der Waals surface area contributed by atoms with Crippen molar-refractivity contribution in [3.05, 3.63) is 100 Å². The van der Waals surface area contributed by atoms with Gasteiger partial charge in [0.15, 0.2) is 0 Å². The summed E-state index contributed by atoms with van der Waals surface area (Å²) in [6, 6.07) is 11.2. The molecule has 0 unspecified atom stereocenters. The maximum atomic E-state index is 13.4. The molecule has 0 aliphatic heterocycles. The Hall–Kier alpha value is -3.66. The van der Waals surface area contributed by atoms with Gasteiger partial charge in [-0.1, -0.05) is 24.3 Å². The lowest BCUT2D eigenvalue weighted by atomic mass is 10.2. The molecule has 3 aromatic rings. The van der Waals surface area contributed by atoms with Crippen LogP contribution in [0.5, 0.6) is 0 Å². The quantitative estimate of drug-likeness (QED) is 0.261. The predicted molar refractivity (Wildman–Crippen MR) is 132 cm³/mol. The Morgan fingerprint density at radius 2 is 1.78 bits per heavy atom. The molecule has 0 radical (unpaired) electrons. The number of halogens is 4. The van der Waals surface area contributed by atoms with Gasteiger partial charge in [-0.2, -0.15) is 13.2 Å². The zero-order valence-corrected chi connectivity index (χ0v) is 20.3. The van der Waals surface area contributed by atoms with Crippen molar-refractivity contribution in [3.63, 3.8) is 0 Å². The number of aryl methyl sites for hydroxylation is 1. The lowest BCUT2D eigenvalue weighted by Crippen LogP contribution is -2.44. The molecule has 0 saturated heterocycles. The number of urea groups is 1. The Morgan fingerprint density at radius 1 is 1.06 bits per heavy atom. The highest BCUT2D eigenvalue weighted by atomic mass is 32.1. The first kappa shape index (κ1) is 26.9. The van der Waals surface area contributed by atoms with Crippen molar-refractivity contribution in [2.24, 2.45) is 0 Å². The second-order valence-corrected chi connectivity index (χ2v) is 9.08. The predicted octanol–water partition coefficient (Wildman–Crippen LogP) is 6.46. The van der Waals surface area contributed by atoms with Crippen molar-refractivity contribution in [2.75, 3.05) is 18.4 Å². The van der Waals surface area contributed by atoms with Gasteiger partial charge in [0.2, 0.25) is 5.91 Å². The molecule has 0 fully saturated rings. The summed E-state index contributed by atoms with van der Waals surface area (Å²) in [7, 11) is 0. The first-order valence-electron chi connectivity index (χ1n) is 11.0. The minimum Gasteiger partial charge on any atom is -0.332 e. The summed E-state index contributed by atoms with van der Waals surface area (Å²) < 4.78 is 52.4. The third-order valence-corrected chi connectivity index (χ3v) is 6.35. The van der Waals surface area contributed by atoms with Gasteiger partial charge in [-0.15, -0.1) is 17.9 Å². The topological polar surface area (TPSA) is 52.7 Å². The van der Waals surface area contributed by atoms with Crippen LogP contribution in [-0.2, 0) is 24.1 Å². The van der Waals surface area contributed by atoms with E-state index in [-0.39, 0.29) is 37.8 Å². The second kappa shape index (κ2) is 11.9. The molecule has 0 atom stereocenters. The van der Waals surface area contributed by atoms with Crippen LogP contribution in [0.15, 0.2) is 72.6 Å². The summed E-state index contributed by atoms with van der Waals surface area (Å²) in [5, 5.41) is 4.34. The molecule has 5 nitrogen and oxygen atoms in total. The average Bonchev–Trinajstić information content (AvgIpc) is 3.23. The maximum absolute atomic E-state index is 13.4. The van der Waals surface area contributed by atoms with Crippen LogP contribution in [-0.4, -0.2) is 34.8 Å². The van der Waals surface area contributed by atoms with E-state index in [1.54, 1.807) is 17.0 Å². The van der Waals surface area contributed by atoms with Gasteiger partial charge in [-0.25, -0.2) is 9.18 Å². The summed E-state index contributed by atoms with van der Waals surface area (Å²) in [4.78, 5) is 29.9. The molecule has 0 saturated carbocycles. The van der Waals surface area contributed by atoms with E-state index in [2.05, 4.69) is 11.9 Å². The number of nitrogens with one attached hydrogen (secondary N) is 1. The van der Waals surface area contributed by atoms with Crippen LogP contribution in [0.25, 0.3) is 0 Å². The van der Waals surface area contributed by atoms with Crippen molar-refractivity contribution < 1.29 is 27.2 Å². The molecular formula is C26H25F4N3O2S. The van der Waals surface area contributed by atoms with Gasteiger partial charge in [0.05, 0.1) is 12.1 Å². The van der Waals surface area contributed by atoms with E-state index < -0.39 is 23.6 Å². The Balaban J connectivity index is 1.77. The van der Waals surface area contributed by atoms with E-state index in [4.69, 9.17) is 0 Å². The van der Waals surface area contributed by atoms with E-state index in [0.717, 1.165) is 27.5 Å². The fourth-order valence-electron chi connectivity index (χ4n) is 3.40. The SMILES string of the molecule is C=CCN(CC(=O)N(Cc1ccc(F)cc1)Cc1sccc1C)C(=O)Nc1cccc(C(F)(F)F)c1. The summed E-state index contributed by atoms with van der Waals surface area (Å²) in [5.74, 6) is -0.776. The van der Waals surface area contributed by atoms with E-state index >= 15 is 0 Å². The summed E-state index contributed by atoms with van der Waals surface area (Å²) in [6.07, 6.45) is -3.13. The van der Waals surface area contributed by atoms with Crippen LogP contribution >= 0.6 is 11.3 Å². The van der Waals surface area contributed by atoms with E-state index in [0.29, 0.717) is 5.56 Å². The number of thiophene rings is 1. The largest absolute Gasteiger partial charge is 0.416 e. The summed E-state index contributed by atoms with van der Waals surface area (Å²) in [6.45, 7) is 5.68. The van der Waals surface area contributed by atoms with E-state index in [1.807, 2.05) is 18.4 Å². The Kier molecular flexibility index (Phi) is 8.87. The number of nitrogens with zero attached hydrogens (tertiary/aromatic N) is 2. The number of hydrogen-bond donors (Lipinski definition) is 1. The Morgan fingerprint density at radius 3 is 2.39 bits per heavy atom. The van der Waals surface area contributed by atoms with Crippen LogP contribution in [0.1, 0.15) is 21.6 Å². The minimum absolute atomic E-state index is 0.00104. The molecule has 1 N–H and O–H groups in total. The third-order valence-electron chi connectivity index (χ3n) is 5.35. The lowest BCUT2D eigenvalue weighted by molar-refractivity contribution is -0.137. The number of anilines is 1. The van der Waals surface area contributed by atoms with Gasteiger partial charge in [0, 0.05) is 23.7 Å². The number of rotatable bonds is 9. The zero-order valence-electron chi connectivity index (χ0n) is 19.5. The molecule has 3 rings (SSSR count). The molecular weight excluding hydrogens is 494 g/mol. The van der Waals surface area contributed by atoms with E-state index in [1.165, 1.54) is 41.7 Å². The van der Waals surface area contributed by atoms with Crippen molar-refractivity contribution in [1.29, 1.82) is 0 Å². The van der Waals surface area contributed by atoms with E-state index in [9.17, 15) is 27.2 Å². The van der Waals surface area contributed by atoms with Gasteiger partial charge < -0.3 is 15.1 Å². The highest BCUT2D eigenvalue weighted by Crippen LogP contribution is 2.30. The minimum atomic E-state index is -4.56. The molecule has 1 heterocycles. The average molecular weight is 520 g/mol. The van der Waals surface area contributed by atoms with Crippen molar-refractivity contribution >= 4 is 29.0 Å². The normalized spacial score (nSPS) is 11.1. The molecule has 36 heavy (non-hydrogen) atoms. The van der Waals surface area contributed by atoms with Crippen molar-refractivity contribution in [1.82, 2.24) is 9.80 Å². The van der Waals surface area contributed by atoms with Gasteiger partial charge in [0.1, 0.15) is 12.4 Å². The molecule has 0 aliphatic carbocycles. The Labute approximate surface area is 210 Å². The highest BCUT2D eigenvalue weighted by Gasteiger charge is 2.30. The van der Waals surface area contributed by atoms with Crippen LogP contribution in [0.3, 0.4) is 0 Å². The lowest BCUT2D eigenvalue weighted by Gasteiger charge is -2.27. The molecule has 0 bridgehead atoms. The fraction of sp³-hybridized carbons (Fsp3) is 0.231. The Bertz CT molecular complexity index is 1210. The molecule has 0 aliphatic rings. The molecule has 190 valence electrons. The molecule has 3 amide bonds. The molecule has 2 aromatic carbocycles. The number of benzene rings is 2. The van der Waals surface area contributed by atoms with Gasteiger partial charge in [0.25, 0.3) is 0 Å². The van der Waals surface area contributed by atoms with Crippen LogP contribution in [0.2, 0.25) is 0 Å². The smallest absolute Gasteiger partial charge is 0.332 e. The van der Waals surface area contributed by atoms with Crippen LogP contribution in [0.4, 0.5) is 28.0 Å². The van der Waals surface area contributed by atoms with Gasteiger partial charge in [-0.05, 0) is 59.8 Å². The maximum Gasteiger partial charge on any atom is 0.416 e. The highest BCUT2D eigenvalue weighted by molar-refractivity contribution is 7.10. The zero-order chi connectivity index (χ0) is 26.3. The van der Waals surface area contributed by atoms with Gasteiger partial charge >= 0.3 is 12.2 Å². The third kappa shape index (κ3) is 7.42. The number of amides is 3. The number of alkyl halides is 3. The van der Waals surface area contributed by atoms with Gasteiger partial charge in [-0.3, -0.25) is 4.79 Å². The monoisotopic (exact) mass is 519 g/mol. The number of carbonyl (C=O) groups excluding carboxylic acids is 2. The summed E-state index contributed by atoms with van der Waals surface area (Å²) in [5.41, 5.74) is 0.780. The number of carbonyl (C=O) groups is 2. The fourth-order valence-corrected chi connectivity index (χ4v) is 4.32. The second-order valence-electron chi connectivity index (χ2n) is 8.08. The number of hydrogen-bond acceptors (Lipinski definition) is 3. The molecule has 0 spiro atoms. The summed E-state index contributed by atoms with van der Waals surface area (Å²) >= 11 is 1.49. The molecule has 1 aromatic heterocycles. The van der Waals surface area contributed by atoms with Crippen LogP contribution < -0.4 is 5.32 Å². The molecule has 10 heteroatoms. The van der Waals surface area contributed by atoms with Crippen LogP contribution in [0, 0.1) is 12.7 Å².